The zero-order chi connectivity index (χ0) is 11.5. The summed E-state index contributed by atoms with van der Waals surface area (Å²) in [6.07, 6.45) is 1.93. The van der Waals surface area contributed by atoms with Crippen LogP contribution in [0, 0.1) is 0 Å². The summed E-state index contributed by atoms with van der Waals surface area (Å²) in [5.74, 6) is -0.171. The third-order valence-electron chi connectivity index (χ3n) is 3.21. The summed E-state index contributed by atoms with van der Waals surface area (Å²) < 4.78 is 0. The first-order valence-electron chi connectivity index (χ1n) is 5.65. The first-order chi connectivity index (χ1) is 7.72. The number of nitrogens with zero attached hydrogens (tertiary/aromatic N) is 2. The minimum Gasteiger partial charge on any atom is -0.395 e. The van der Waals surface area contributed by atoms with E-state index in [1.54, 1.807) is 0 Å². The number of hydrogen-bond donors (Lipinski definition) is 2. The van der Waals surface area contributed by atoms with Gasteiger partial charge in [-0.05, 0) is 19.4 Å². The zero-order valence-electron chi connectivity index (χ0n) is 9.19. The molecule has 2 saturated heterocycles. The molecule has 0 aromatic carbocycles. The number of likely N-dealkylation sites (tertiary alicyclic amines) is 1. The molecule has 2 aliphatic rings. The molecule has 90 valence electrons. The Bertz CT molecular complexity index is 295. The first kappa shape index (κ1) is 11.3. The number of aliphatic hydroxyl groups excluding tert-OH is 1. The molecule has 1 atom stereocenters. The third-order valence-corrected chi connectivity index (χ3v) is 3.21. The fourth-order valence-corrected chi connectivity index (χ4v) is 2.28. The largest absolute Gasteiger partial charge is 0.395 e. The van der Waals surface area contributed by atoms with Crippen LogP contribution in [0.1, 0.15) is 12.8 Å². The highest BCUT2D eigenvalue weighted by Crippen LogP contribution is 2.16. The number of imide groups is 1. The van der Waals surface area contributed by atoms with E-state index in [4.69, 9.17) is 5.11 Å². The van der Waals surface area contributed by atoms with Crippen LogP contribution in [-0.4, -0.2) is 65.7 Å². The van der Waals surface area contributed by atoms with E-state index in [2.05, 4.69) is 5.32 Å². The van der Waals surface area contributed by atoms with E-state index in [-0.39, 0.29) is 31.1 Å². The molecular formula is C10H17N3O3. The maximum Gasteiger partial charge on any atom is 0.324 e. The molecule has 0 aromatic heterocycles. The lowest BCUT2D eigenvalue weighted by atomic mass is 10.2. The van der Waals surface area contributed by atoms with Gasteiger partial charge < -0.3 is 10.4 Å². The number of carbonyl (C=O) groups is 2. The van der Waals surface area contributed by atoms with Gasteiger partial charge >= 0.3 is 6.03 Å². The maximum atomic E-state index is 11.8. The molecule has 6 nitrogen and oxygen atoms in total. The highest BCUT2D eigenvalue weighted by Gasteiger charge is 2.31. The van der Waals surface area contributed by atoms with Crippen molar-refractivity contribution in [3.05, 3.63) is 0 Å². The minimum absolute atomic E-state index is 0.0783. The lowest BCUT2D eigenvalue weighted by Gasteiger charge is -2.23. The number of aliphatic hydroxyl groups is 1. The van der Waals surface area contributed by atoms with E-state index in [1.807, 2.05) is 4.90 Å². The van der Waals surface area contributed by atoms with Gasteiger partial charge in [0.1, 0.15) is 0 Å². The van der Waals surface area contributed by atoms with Crippen molar-refractivity contribution < 1.29 is 14.7 Å². The first-order valence-corrected chi connectivity index (χ1v) is 5.65. The van der Waals surface area contributed by atoms with Crippen LogP contribution in [0.25, 0.3) is 0 Å². The molecule has 0 saturated carbocycles. The number of carbonyl (C=O) groups excluding carboxylic acids is 2. The Morgan fingerprint density at radius 2 is 2.31 bits per heavy atom. The van der Waals surface area contributed by atoms with Gasteiger partial charge in [0, 0.05) is 19.1 Å². The average Bonchev–Trinajstić information content (AvgIpc) is 2.86. The second-order valence-corrected chi connectivity index (χ2v) is 4.23. The standard InChI is InChI=1S/C10H17N3O3/c14-7-8-2-1-4-12(8)6-9(15)13-5-3-11-10(13)16/h8,14H,1-7H2,(H,11,16). The van der Waals surface area contributed by atoms with E-state index >= 15 is 0 Å². The summed E-state index contributed by atoms with van der Waals surface area (Å²) in [7, 11) is 0. The monoisotopic (exact) mass is 227 g/mol. The van der Waals surface area contributed by atoms with E-state index in [9.17, 15) is 9.59 Å². The summed E-state index contributed by atoms with van der Waals surface area (Å²) in [6, 6.07) is -0.223. The molecule has 3 amide bonds. The van der Waals surface area contributed by atoms with Crippen molar-refractivity contribution in [3.63, 3.8) is 0 Å². The van der Waals surface area contributed by atoms with Crippen molar-refractivity contribution in [1.29, 1.82) is 0 Å². The highest BCUT2D eigenvalue weighted by molar-refractivity contribution is 5.96. The summed E-state index contributed by atoms with van der Waals surface area (Å²) in [5, 5.41) is 11.7. The molecule has 16 heavy (non-hydrogen) atoms. The van der Waals surface area contributed by atoms with Crippen LogP contribution in [0.3, 0.4) is 0 Å². The van der Waals surface area contributed by atoms with Gasteiger partial charge in [0.2, 0.25) is 5.91 Å². The smallest absolute Gasteiger partial charge is 0.324 e. The van der Waals surface area contributed by atoms with Crippen LogP contribution in [0.2, 0.25) is 0 Å². The number of urea groups is 1. The molecule has 2 rings (SSSR count). The minimum atomic E-state index is -0.301. The fourth-order valence-electron chi connectivity index (χ4n) is 2.28. The summed E-state index contributed by atoms with van der Waals surface area (Å²) in [5.41, 5.74) is 0. The van der Waals surface area contributed by atoms with Gasteiger partial charge in [-0.1, -0.05) is 0 Å². The van der Waals surface area contributed by atoms with E-state index in [0.717, 1.165) is 19.4 Å². The van der Waals surface area contributed by atoms with E-state index in [0.29, 0.717) is 13.1 Å². The van der Waals surface area contributed by atoms with Gasteiger partial charge in [0.25, 0.3) is 0 Å². The second kappa shape index (κ2) is 4.80. The predicted octanol–water partition coefficient (Wildman–Crippen LogP) is -1.01. The fraction of sp³-hybridized carbons (Fsp3) is 0.800. The van der Waals surface area contributed by atoms with Crippen LogP contribution in [0.15, 0.2) is 0 Å². The predicted molar refractivity (Wildman–Crippen MR) is 56.8 cm³/mol. The van der Waals surface area contributed by atoms with Crippen molar-refractivity contribution in [2.24, 2.45) is 0 Å². The molecular weight excluding hydrogens is 210 g/mol. The molecule has 0 aliphatic carbocycles. The van der Waals surface area contributed by atoms with Gasteiger partial charge in [0.05, 0.1) is 13.2 Å². The lowest BCUT2D eigenvalue weighted by Crippen LogP contribution is -2.44. The van der Waals surface area contributed by atoms with Crippen molar-refractivity contribution in [3.8, 4) is 0 Å². The van der Waals surface area contributed by atoms with E-state index in [1.165, 1.54) is 4.90 Å². The normalized spacial score (nSPS) is 26.2. The summed E-state index contributed by atoms with van der Waals surface area (Å²) >= 11 is 0. The molecule has 2 N–H and O–H groups in total. The Kier molecular flexibility index (Phi) is 3.40. The van der Waals surface area contributed by atoms with Crippen molar-refractivity contribution >= 4 is 11.9 Å². The molecule has 2 fully saturated rings. The lowest BCUT2D eigenvalue weighted by molar-refractivity contribution is -0.129. The molecule has 0 aromatic rings. The van der Waals surface area contributed by atoms with Crippen molar-refractivity contribution in [2.75, 3.05) is 32.8 Å². The van der Waals surface area contributed by atoms with Crippen molar-refractivity contribution in [1.82, 2.24) is 15.1 Å². The van der Waals surface area contributed by atoms with Crippen LogP contribution in [0.4, 0.5) is 4.79 Å². The van der Waals surface area contributed by atoms with Gasteiger partial charge in [-0.25, -0.2) is 4.79 Å². The van der Waals surface area contributed by atoms with Crippen LogP contribution in [-0.2, 0) is 4.79 Å². The SMILES string of the molecule is O=C(CN1CCCC1CO)N1CCNC1=O. The Morgan fingerprint density at radius 1 is 1.50 bits per heavy atom. The maximum absolute atomic E-state index is 11.8. The highest BCUT2D eigenvalue weighted by atomic mass is 16.3. The number of rotatable bonds is 3. The Balaban J connectivity index is 1.89. The Morgan fingerprint density at radius 3 is 2.94 bits per heavy atom. The molecule has 2 heterocycles. The molecule has 2 aliphatic heterocycles. The number of amides is 3. The van der Waals surface area contributed by atoms with Gasteiger partial charge in [-0.15, -0.1) is 0 Å². The average molecular weight is 227 g/mol. The Hall–Kier alpha value is -1.14. The van der Waals surface area contributed by atoms with Gasteiger partial charge in [0.15, 0.2) is 0 Å². The zero-order valence-corrected chi connectivity index (χ0v) is 9.19. The Labute approximate surface area is 94.2 Å². The summed E-state index contributed by atoms with van der Waals surface area (Å²) in [4.78, 5) is 26.3. The molecule has 6 heteroatoms. The second-order valence-electron chi connectivity index (χ2n) is 4.23. The van der Waals surface area contributed by atoms with Crippen molar-refractivity contribution in [2.45, 2.75) is 18.9 Å². The molecule has 0 bridgehead atoms. The molecule has 0 spiro atoms. The van der Waals surface area contributed by atoms with Gasteiger partial charge in [-0.3, -0.25) is 14.6 Å². The van der Waals surface area contributed by atoms with Crippen LogP contribution in [0.5, 0.6) is 0 Å². The molecule has 0 radical (unpaired) electrons. The quantitative estimate of drug-likeness (QED) is 0.648. The summed E-state index contributed by atoms with van der Waals surface area (Å²) in [6.45, 7) is 2.13. The van der Waals surface area contributed by atoms with E-state index < -0.39 is 0 Å². The van der Waals surface area contributed by atoms with Crippen LogP contribution < -0.4 is 5.32 Å². The van der Waals surface area contributed by atoms with Gasteiger partial charge in [-0.2, -0.15) is 0 Å². The van der Waals surface area contributed by atoms with Crippen LogP contribution >= 0.6 is 0 Å². The number of nitrogens with one attached hydrogen (secondary N) is 1. The number of hydrogen-bond acceptors (Lipinski definition) is 4. The molecule has 1 unspecified atom stereocenters. The third kappa shape index (κ3) is 2.17. The topological polar surface area (TPSA) is 72.9 Å².